The van der Waals surface area contributed by atoms with E-state index >= 15 is 0 Å². The highest BCUT2D eigenvalue weighted by atomic mass is 16.5. The Morgan fingerprint density at radius 2 is 1.86 bits per heavy atom. The van der Waals surface area contributed by atoms with E-state index in [1.54, 1.807) is 12.1 Å². The average molecular weight is 290 g/mol. The summed E-state index contributed by atoms with van der Waals surface area (Å²) in [6, 6.07) is 6.43. The Bertz CT molecular complexity index is 553. The number of benzene rings is 1. The highest BCUT2D eigenvalue weighted by Gasteiger charge is 2.40. The Kier molecular flexibility index (Phi) is 4.70. The molecule has 1 unspecified atom stereocenters. The van der Waals surface area contributed by atoms with E-state index in [2.05, 4.69) is 5.32 Å². The molecule has 112 valence electrons. The third-order valence-electron chi connectivity index (χ3n) is 3.32. The van der Waals surface area contributed by atoms with Gasteiger partial charge in [-0.25, -0.2) is 4.79 Å². The molecule has 1 aliphatic rings. The molecule has 0 saturated carbocycles. The molecule has 0 bridgehead atoms. The first-order valence-corrected chi connectivity index (χ1v) is 6.85. The maximum Gasteiger partial charge on any atom is 0.330 e. The number of hydrogen-bond donors (Lipinski definition) is 1. The van der Waals surface area contributed by atoms with E-state index in [1.165, 1.54) is 0 Å². The van der Waals surface area contributed by atoms with Crippen molar-refractivity contribution in [3.63, 3.8) is 0 Å². The maximum absolute atomic E-state index is 12.4. The van der Waals surface area contributed by atoms with Gasteiger partial charge in [0.1, 0.15) is 5.92 Å². The van der Waals surface area contributed by atoms with E-state index < -0.39 is 23.8 Å². The number of ether oxygens (including phenoxy) is 1. The molecule has 1 aliphatic heterocycles. The number of barbiturate groups is 1. The standard InChI is InChI=1S/C15H18N2O4/c1-3-21-9-8-17-14(19)12(13(18)16-15(17)20)11-6-4-10(2)5-7-11/h4-7,12H,3,8-9H2,1-2H3,(H,16,18,20). The maximum atomic E-state index is 12.4. The van der Waals surface area contributed by atoms with Gasteiger partial charge in [0.2, 0.25) is 11.8 Å². The fraction of sp³-hybridized carbons (Fsp3) is 0.400. The number of carbonyl (C=O) groups excluding carboxylic acids is 3. The molecule has 1 saturated heterocycles. The van der Waals surface area contributed by atoms with Crippen LogP contribution in [0.15, 0.2) is 24.3 Å². The fourth-order valence-electron chi connectivity index (χ4n) is 2.18. The summed E-state index contributed by atoms with van der Waals surface area (Å²) in [4.78, 5) is 37.2. The topological polar surface area (TPSA) is 75.7 Å². The third-order valence-corrected chi connectivity index (χ3v) is 3.32. The molecular weight excluding hydrogens is 272 g/mol. The number of amides is 4. The number of urea groups is 1. The number of imide groups is 2. The summed E-state index contributed by atoms with van der Waals surface area (Å²) >= 11 is 0. The van der Waals surface area contributed by atoms with Gasteiger partial charge in [-0.1, -0.05) is 29.8 Å². The Hall–Kier alpha value is -2.21. The molecule has 0 aromatic heterocycles. The zero-order valence-electron chi connectivity index (χ0n) is 12.1. The minimum atomic E-state index is -0.982. The van der Waals surface area contributed by atoms with Crippen molar-refractivity contribution in [1.29, 1.82) is 0 Å². The summed E-state index contributed by atoms with van der Waals surface area (Å²) in [5, 5.41) is 2.22. The van der Waals surface area contributed by atoms with E-state index in [0.29, 0.717) is 12.2 Å². The lowest BCUT2D eigenvalue weighted by atomic mass is 9.94. The van der Waals surface area contributed by atoms with Crippen LogP contribution < -0.4 is 5.32 Å². The molecular formula is C15H18N2O4. The van der Waals surface area contributed by atoms with Crippen LogP contribution in [0.25, 0.3) is 0 Å². The molecule has 21 heavy (non-hydrogen) atoms. The van der Waals surface area contributed by atoms with Crippen LogP contribution in [0.1, 0.15) is 24.0 Å². The van der Waals surface area contributed by atoms with Crippen molar-refractivity contribution in [3.05, 3.63) is 35.4 Å². The number of nitrogens with one attached hydrogen (secondary N) is 1. The molecule has 6 nitrogen and oxygen atoms in total. The van der Waals surface area contributed by atoms with Gasteiger partial charge in [-0.15, -0.1) is 0 Å². The zero-order chi connectivity index (χ0) is 15.4. The number of hydrogen-bond acceptors (Lipinski definition) is 4. The van der Waals surface area contributed by atoms with Crippen LogP contribution in [0.4, 0.5) is 4.79 Å². The van der Waals surface area contributed by atoms with Crippen LogP contribution in [0.2, 0.25) is 0 Å². The van der Waals surface area contributed by atoms with Gasteiger partial charge in [-0.05, 0) is 19.4 Å². The molecule has 1 aromatic rings. The number of carbonyl (C=O) groups is 3. The first-order valence-electron chi connectivity index (χ1n) is 6.85. The molecule has 4 amide bonds. The number of rotatable bonds is 5. The molecule has 0 radical (unpaired) electrons. The van der Waals surface area contributed by atoms with Crippen LogP contribution in [-0.2, 0) is 14.3 Å². The smallest absolute Gasteiger partial charge is 0.330 e. The third kappa shape index (κ3) is 3.28. The number of nitrogens with zero attached hydrogens (tertiary/aromatic N) is 1. The molecule has 0 aliphatic carbocycles. The normalized spacial score (nSPS) is 18.9. The minimum Gasteiger partial charge on any atom is -0.380 e. The molecule has 0 spiro atoms. The molecule has 6 heteroatoms. The van der Waals surface area contributed by atoms with Gasteiger partial charge in [-0.2, -0.15) is 0 Å². The molecule has 1 fully saturated rings. The SMILES string of the molecule is CCOCCN1C(=O)NC(=O)C(c2ccc(C)cc2)C1=O. The van der Waals surface area contributed by atoms with E-state index in [0.717, 1.165) is 10.5 Å². The Morgan fingerprint density at radius 1 is 1.19 bits per heavy atom. The van der Waals surface area contributed by atoms with Gasteiger partial charge < -0.3 is 4.74 Å². The Morgan fingerprint density at radius 3 is 2.48 bits per heavy atom. The molecule has 1 aromatic carbocycles. The van der Waals surface area contributed by atoms with Gasteiger partial charge in [0, 0.05) is 6.61 Å². The van der Waals surface area contributed by atoms with Crippen molar-refractivity contribution >= 4 is 17.8 Å². The van der Waals surface area contributed by atoms with Gasteiger partial charge >= 0.3 is 6.03 Å². The Balaban J connectivity index is 2.20. The summed E-state index contributed by atoms with van der Waals surface area (Å²) in [7, 11) is 0. The largest absolute Gasteiger partial charge is 0.380 e. The van der Waals surface area contributed by atoms with Crippen LogP contribution in [0.3, 0.4) is 0 Å². The van der Waals surface area contributed by atoms with Crippen molar-refractivity contribution in [1.82, 2.24) is 10.2 Å². The molecule has 1 N–H and O–H groups in total. The lowest BCUT2D eigenvalue weighted by molar-refractivity contribution is -0.139. The quantitative estimate of drug-likeness (QED) is 0.653. The summed E-state index contributed by atoms with van der Waals surface area (Å²) < 4.78 is 5.16. The second kappa shape index (κ2) is 6.49. The van der Waals surface area contributed by atoms with Gasteiger partial charge in [-0.3, -0.25) is 19.8 Å². The molecule has 1 atom stereocenters. The van der Waals surface area contributed by atoms with Crippen molar-refractivity contribution in [3.8, 4) is 0 Å². The lowest BCUT2D eigenvalue weighted by Gasteiger charge is -2.30. The monoisotopic (exact) mass is 290 g/mol. The van der Waals surface area contributed by atoms with Crippen LogP contribution in [0, 0.1) is 6.92 Å². The number of aryl methyl sites for hydroxylation is 1. The van der Waals surface area contributed by atoms with Crippen molar-refractivity contribution in [2.75, 3.05) is 19.8 Å². The van der Waals surface area contributed by atoms with Gasteiger partial charge in [0.25, 0.3) is 0 Å². The van der Waals surface area contributed by atoms with Gasteiger partial charge in [0.15, 0.2) is 0 Å². The highest BCUT2D eigenvalue weighted by Crippen LogP contribution is 2.22. The van der Waals surface area contributed by atoms with Gasteiger partial charge in [0.05, 0.1) is 13.2 Å². The zero-order valence-corrected chi connectivity index (χ0v) is 12.1. The predicted molar refractivity (Wildman–Crippen MR) is 75.7 cm³/mol. The van der Waals surface area contributed by atoms with Crippen molar-refractivity contribution in [2.45, 2.75) is 19.8 Å². The first-order chi connectivity index (χ1) is 10.0. The van der Waals surface area contributed by atoms with E-state index in [-0.39, 0.29) is 13.2 Å². The van der Waals surface area contributed by atoms with Crippen LogP contribution in [-0.4, -0.2) is 42.5 Å². The van der Waals surface area contributed by atoms with E-state index in [9.17, 15) is 14.4 Å². The summed E-state index contributed by atoms with van der Waals surface area (Å²) in [6.45, 7) is 4.64. The average Bonchev–Trinajstić information content (AvgIpc) is 2.44. The van der Waals surface area contributed by atoms with Crippen molar-refractivity contribution < 1.29 is 19.1 Å². The van der Waals surface area contributed by atoms with E-state index in [1.807, 2.05) is 26.0 Å². The van der Waals surface area contributed by atoms with Crippen molar-refractivity contribution in [2.24, 2.45) is 0 Å². The van der Waals surface area contributed by atoms with E-state index in [4.69, 9.17) is 4.74 Å². The Labute approximate surface area is 123 Å². The molecule has 1 heterocycles. The molecule has 2 rings (SSSR count). The highest BCUT2D eigenvalue weighted by molar-refractivity contribution is 6.19. The second-order valence-electron chi connectivity index (χ2n) is 4.82. The van der Waals surface area contributed by atoms with Crippen LogP contribution in [0.5, 0.6) is 0 Å². The predicted octanol–water partition coefficient (Wildman–Crippen LogP) is 1.19. The summed E-state index contributed by atoms with van der Waals surface area (Å²) in [6.07, 6.45) is 0. The fourth-order valence-corrected chi connectivity index (χ4v) is 2.18. The summed E-state index contributed by atoms with van der Waals surface area (Å²) in [5.74, 6) is -2.07. The first kappa shape index (κ1) is 15.2. The minimum absolute atomic E-state index is 0.133. The lowest BCUT2D eigenvalue weighted by Crippen LogP contribution is -2.57. The van der Waals surface area contributed by atoms with Crippen LogP contribution >= 0.6 is 0 Å². The second-order valence-corrected chi connectivity index (χ2v) is 4.82. The summed E-state index contributed by atoms with van der Waals surface area (Å²) in [5.41, 5.74) is 1.61.